The number of anilines is 3. The summed E-state index contributed by atoms with van der Waals surface area (Å²) in [4.78, 5) is 55.2. The molecule has 12 fully saturated rings. The largest absolute Gasteiger partial charge is 0.478 e. The summed E-state index contributed by atoms with van der Waals surface area (Å²) >= 11 is 30.7. The summed E-state index contributed by atoms with van der Waals surface area (Å²) in [7, 11) is 0. The fraction of sp³-hybridized carbons (Fsp3) is 0.378. The van der Waals surface area contributed by atoms with Gasteiger partial charge in [0.25, 0.3) is 0 Å². The number of aryl methyl sites for hydroxylation is 1. The highest BCUT2D eigenvalue weighted by Gasteiger charge is 2.52. The van der Waals surface area contributed by atoms with Crippen LogP contribution in [0.4, 0.5) is 15.4 Å². The zero-order chi connectivity index (χ0) is 74.9. The molecule has 6 bridgehead atoms. The number of halogens is 4. The van der Waals surface area contributed by atoms with Crippen LogP contribution in [0.15, 0.2) is 129 Å². The van der Waals surface area contributed by atoms with Crippen LogP contribution in [-0.2, 0) is 34.0 Å². The van der Waals surface area contributed by atoms with Gasteiger partial charge in [-0.15, -0.1) is 0 Å². The van der Waals surface area contributed by atoms with E-state index in [1.54, 1.807) is 88.6 Å². The van der Waals surface area contributed by atoms with E-state index in [9.17, 15) is 29.7 Å². The minimum Gasteiger partial charge on any atom is -0.478 e. The number of thiazole rings is 3. The average molecular weight is 1610 g/mol. The monoisotopic (exact) mass is 1610 g/mol. The number of rotatable bonds is 21. The quantitative estimate of drug-likeness (QED) is 0.0603. The molecular weight excluding hydrogens is 1540 g/mol. The molecule has 24 rings (SSSR count). The van der Waals surface area contributed by atoms with E-state index in [-0.39, 0.29) is 29.4 Å². The first kappa shape index (κ1) is 71.8. The van der Waals surface area contributed by atoms with Crippen molar-refractivity contribution in [2.75, 3.05) is 54.0 Å². The predicted molar refractivity (Wildman–Crippen MR) is 423 cm³/mol. The summed E-state index contributed by atoms with van der Waals surface area (Å²) in [5.74, 6) is 3.89. The van der Waals surface area contributed by atoms with Crippen molar-refractivity contribution in [2.45, 2.75) is 121 Å². The fourth-order valence-corrected chi connectivity index (χ4v) is 21.4. The third-order valence-corrected chi connectivity index (χ3v) is 27.9. The van der Waals surface area contributed by atoms with E-state index >= 15 is 0 Å². The van der Waals surface area contributed by atoms with E-state index in [4.69, 9.17) is 89.1 Å². The molecule has 0 radical (unpaired) electrons. The molecule has 6 aromatic carbocycles. The number of aromatic nitrogens is 6. The van der Waals surface area contributed by atoms with Crippen LogP contribution in [0.1, 0.15) is 146 Å². The SMILES string of the molecule is Cc1ccccc1-c1noc(C2CC2)c1COC1C2CC1CN(c1nc3ccc(C(=O)O)cc3s1)C2.O=C(O)c1ccc2nc(N3CC4CC(C3)C4OCc3c(-c4c(Cl)cccc4Cl)noc3C3CC3)sc2c1.O=C(O)c1ccc2nc(N3CC4CC(C3)C4OCc3c(-c4c(Cl)cccc4Cl)noc3C3CC3)sc2c1. The van der Waals surface area contributed by atoms with Crippen molar-refractivity contribution in [3.05, 3.63) is 192 Å². The molecule has 110 heavy (non-hydrogen) atoms. The number of piperidine rings is 6. The average Bonchev–Trinajstić information content (AvgIpc) is 1.18. The molecule has 6 saturated carbocycles. The molecule has 0 spiro atoms. The lowest BCUT2D eigenvalue weighted by Crippen LogP contribution is -2.59. The molecule has 6 atom stereocenters. The Morgan fingerprint density at radius 3 is 1.05 bits per heavy atom. The first-order chi connectivity index (χ1) is 53.5. The summed E-state index contributed by atoms with van der Waals surface area (Å²) in [6.45, 7) is 8.80. The van der Waals surface area contributed by atoms with Gasteiger partial charge < -0.3 is 57.8 Å². The Kier molecular flexibility index (Phi) is 19.1. The normalized spacial score (nSPS) is 23.0. The molecule has 28 heteroatoms. The number of hydrogen-bond donors (Lipinski definition) is 3. The van der Waals surface area contributed by atoms with Gasteiger partial charge in [-0.2, -0.15) is 0 Å². The maximum atomic E-state index is 11.3. The topological polar surface area (TPSA) is 266 Å². The Bertz CT molecular complexity index is 5310. The molecule has 12 aromatic rings. The summed E-state index contributed by atoms with van der Waals surface area (Å²) in [5.41, 5.74) is 12.4. The van der Waals surface area contributed by atoms with E-state index in [1.165, 1.54) is 12.0 Å². The molecule has 6 aliphatic heterocycles. The maximum absolute atomic E-state index is 11.3. The van der Waals surface area contributed by atoms with Crippen LogP contribution < -0.4 is 14.7 Å². The van der Waals surface area contributed by atoms with Gasteiger partial charge in [-0.3, -0.25) is 0 Å². The Balaban J connectivity index is 0.000000112. The summed E-state index contributed by atoms with van der Waals surface area (Å²) in [6.07, 6.45) is 10.7. The second-order valence-corrected chi connectivity index (χ2v) is 35.4. The summed E-state index contributed by atoms with van der Waals surface area (Å²) in [5, 5.41) is 46.1. The molecule has 21 nitrogen and oxygen atoms in total. The maximum Gasteiger partial charge on any atom is 0.335 e. The van der Waals surface area contributed by atoms with Crippen LogP contribution in [0.25, 0.3) is 64.4 Å². The number of carboxylic acid groups (broad SMARTS) is 3. The zero-order valence-electron chi connectivity index (χ0n) is 59.4. The highest BCUT2D eigenvalue weighted by molar-refractivity contribution is 7.23. The third kappa shape index (κ3) is 13.8. The van der Waals surface area contributed by atoms with Crippen molar-refractivity contribution < 1.29 is 57.5 Å². The molecule has 564 valence electrons. The van der Waals surface area contributed by atoms with Gasteiger partial charge in [-0.05, 0) is 149 Å². The van der Waals surface area contributed by atoms with Crippen molar-refractivity contribution in [2.24, 2.45) is 35.5 Å². The highest BCUT2D eigenvalue weighted by atomic mass is 35.5. The molecular formula is C82H73Cl4N9O12S3. The van der Waals surface area contributed by atoms with Crippen LogP contribution in [-0.4, -0.2) is 121 Å². The van der Waals surface area contributed by atoms with Crippen LogP contribution in [0.3, 0.4) is 0 Å². The van der Waals surface area contributed by atoms with E-state index in [1.807, 2.05) is 42.5 Å². The van der Waals surface area contributed by atoms with E-state index in [0.29, 0.717) is 121 Å². The lowest BCUT2D eigenvalue weighted by Gasteiger charge is -2.53. The number of carboxylic acids is 3. The fourth-order valence-electron chi connectivity index (χ4n) is 17.2. The standard InChI is InChI=1S/C28H27N3O4S.2C27H23Cl2N3O4S/c1-15-4-2-3-5-20(15)24-21(26(35-30-24)16-6-7-16)14-34-25-18-10-19(25)13-31(12-18)28-29-22-9-8-17(27(32)33)11-23(22)36-28;2*28-18-2-1-3-19(29)22(18)23-17(25(36-31-23)13-4-5-13)12-35-24-15-8-16(24)11-32(10-15)27-30-20-7-6-14(26(33)34)9-21(20)37-27/h2-5,8-9,11,16,18-19,25H,6-7,10,12-14H2,1H3,(H,32,33);2*1-3,6-7,9,13,15-16,24H,4-5,8,10-12H2,(H,33,34). The third-order valence-electron chi connectivity index (χ3n) is 23.4. The lowest BCUT2D eigenvalue weighted by atomic mass is 9.68. The van der Waals surface area contributed by atoms with Gasteiger partial charge in [-0.1, -0.05) is 132 Å². The number of carbonyl (C=O) groups is 3. The van der Waals surface area contributed by atoms with Gasteiger partial charge in [0.05, 0.1) is 106 Å². The van der Waals surface area contributed by atoms with Crippen molar-refractivity contribution in [3.63, 3.8) is 0 Å². The number of hydrogen-bond acceptors (Lipinski definition) is 21. The van der Waals surface area contributed by atoms with Crippen molar-refractivity contribution in [1.29, 1.82) is 0 Å². The number of fused-ring (bicyclic) bond motifs is 9. The smallest absolute Gasteiger partial charge is 0.335 e. The molecule has 0 amide bonds. The molecule has 12 heterocycles. The van der Waals surface area contributed by atoms with Gasteiger partial charge >= 0.3 is 17.9 Å². The lowest BCUT2D eigenvalue weighted by molar-refractivity contribution is -0.112. The van der Waals surface area contributed by atoms with Gasteiger partial charge in [0.2, 0.25) is 0 Å². The van der Waals surface area contributed by atoms with Crippen molar-refractivity contribution >= 4 is 144 Å². The Labute approximate surface area is 662 Å². The molecule has 3 N–H and O–H groups in total. The minimum absolute atomic E-state index is 0.167. The first-order valence-electron chi connectivity index (χ1n) is 37.4. The van der Waals surface area contributed by atoms with E-state index in [2.05, 4.69) is 55.3 Å². The van der Waals surface area contributed by atoms with Crippen LogP contribution in [0.5, 0.6) is 0 Å². The second-order valence-electron chi connectivity index (χ2n) is 30.7. The van der Waals surface area contributed by atoms with Crippen molar-refractivity contribution in [1.82, 2.24) is 30.4 Å². The Morgan fingerprint density at radius 1 is 0.427 bits per heavy atom. The van der Waals surface area contributed by atoms with Crippen LogP contribution in [0, 0.1) is 42.4 Å². The number of ether oxygens (including phenoxy) is 3. The van der Waals surface area contributed by atoms with Gasteiger partial charge in [0, 0.05) is 126 Å². The summed E-state index contributed by atoms with van der Waals surface area (Å²) < 4.78 is 39.8. The van der Waals surface area contributed by atoms with E-state index < -0.39 is 17.9 Å². The number of aromatic carboxylic acids is 3. The van der Waals surface area contributed by atoms with Crippen LogP contribution in [0.2, 0.25) is 20.1 Å². The minimum atomic E-state index is -0.923. The van der Waals surface area contributed by atoms with Gasteiger partial charge in [-0.25, -0.2) is 29.3 Å². The molecule has 6 aliphatic carbocycles. The zero-order valence-corrected chi connectivity index (χ0v) is 64.9. The number of benzene rings is 6. The Morgan fingerprint density at radius 2 is 0.736 bits per heavy atom. The Hall–Kier alpha value is -8.53. The van der Waals surface area contributed by atoms with Crippen molar-refractivity contribution in [3.8, 4) is 33.8 Å². The molecule has 6 aromatic heterocycles. The first-order valence-corrected chi connectivity index (χ1v) is 41.3. The second kappa shape index (κ2) is 29.2. The van der Waals surface area contributed by atoms with Crippen LogP contribution >= 0.6 is 80.4 Å². The van der Waals surface area contributed by atoms with E-state index in [0.717, 1.165) is 182 Å². The highest BCUT2D eigenvalue weighted by Crippen LogP contribution is 2.53. The number of nitrogens with zero attached hydrogens (tertiary/aromatic N) is 9. The summed E-state index contributed by atoms with van der Waals surface area (Å²) in [6, 6.07) is 34.6. The predicted octanol–water partition coefficient (Wildman–Crippen LogP) is 19.6. The van der Waals surface area contributed by atoms with Gasteiger partial charge in [0.1, 0.15) is 34.4 Å². The van der Waals surface area contributed by atoms with Gasteiger partial charge in [0.15, 0.2) is 15.4 Å². The molecule has 6 saturated heterocycles. The molecule has 12 aliphatic rings. The molecule has 6 unspecified atom stereocenters.